The van der Waals surface area contributed by atoms with Crippen LogP contribution in [0.1, 0.15) is 17.4 Å². The smallest absolute Gasteiger partial charge is 0.307 e. The van der Waals surface area contributed by atoms with Crippen molar-refractivity contribution in [2.75, 3.05) is 0 Å². The average molecular weight is 317 g/mol. The first-order valence-electron chi connectivity index (χ1n) is 6.86. The number of ether oxygens (including phenoxy) is 1. The zero-order valence-corrected chi connectivity index (χ0v) is 12.9. The molecule has 0 aliphatic heterocycles. The summed E-state index contributed by atoms with van der Waals surface area (Å²) in [6.07, 6.45) is 0.524. The maximum atomic E-state index is 11.6. The van der Waals surface area contributed by atoms with E-state index in [1.54, 1.807) is 4.57 Å². The molecule has 0 fully saturated rings. The summed E-state index contributed by atoms with van der Waals surface area (Å²) >= 11 is 1.20. The van der Waals surface area contributed by atoms with E-state index in [-0.39, 0.29) is 11.5 Å². The number of aromatic nitrogens is 3. The van der Waals surface area contributed by atoms with Crippen LogP contribution < -0.4 is 9.61 Å². The van der Waals surface area contributed by atoms with Gasteiger partial charge in [0.05, 0.1) is 0 Å². The van der Waals surface area contributed by atoms with Crippen LogP contribution in [0.2, 0.25) is 0 Å². The van der Waals surface area contributed by atoms with Gasteiger partial charge in [0.25, 0.3) is 0 Å². The molecule has 0 saturated carbocycles. The van der Waals surface area contributed by atoms with Crippen molar-refractivity contribution in [3.05, 3.63) is 62.8 Å². The zero-order valence-electron chi connectivity index (χ0n) is 12.1. The number of thiazole rings is 1. The molecule has 0 aliphatic rings. The lowest BCUT2D eigenvalue weighted by atomic mass is 10.3. The summed E-state index contributed by atoms with van der Waals surface area (Å²) < 4.78 is 12.4. The van der Waals surface area contributed by atoms with Gasteiger partial charge in [0.1, 0.15) is 5.75 Å². The second kappa shape index (κ2) is 6.57. The third kappa shape index (κ3) is 3.43. The van der Waals surface area contributed by atoms with Crippen molar-refractivity contribution in [2.24, 2.45) is 0 Å². The SMILES string of the molecule is Cc1csc(=O)n1CCc1nc(COc2ccccc2)no1. The summed E-state index contributed by atoms with van der Waals surface area (Å²) in [5, 5.41) is 5.72. The van der Waals surface area contributed by atoms with Crippen LogP contribution in [0.25, 0.3) is 0 Å². The lowest BCUT2D eigenvalue weighted by molar-refractivity contribution is 0.285. The number of aryl methyl sites for hydroxylation is 2. The van der Waals surface area contributed by atoms with Crippen molar-refractivity contribution in [2.45, 2.75) is 26.5 Å². The molecule has 0 aliphatic carbocycles. The molecule has 2 heterocycles. The van der Waals surface area contributed by atoms with Crippen molar-refractivity contribution in [1.82, 2.24) is 14.7 Å². The highest BCUT2D eigenvalue weighted by atomic mass is 32.1. The normalized spacial score (nSPS) is 10.8. The van der Waals surface area contributed by atoms with Gasteiger partial charge in [0.15, 0.2) is 6.61 Å². The summed E-state index contributed by atoms with van der Waals surface area (Å²) in [5.41, 5.74) is 0.946. The Kier molecular flexibility index (Phi) is 4.34. The molecule has 0 saturated heterocycles. The first kappa shape index (κ1) is 14.5. The number of rotatable bonds is 6. The minimum Gasteiger partial charge on any atom is -0.485 e. The minimum atomic E-state index is 0.0321. The predicted molar refractivity (Wildman–Crippen MR) is 82.1 cm³/mol. The maximum Gasteiger partial charge on any atom is 0.307 e. The van der Waals surface area contributed by atoms with Crippen molar-refractivity contribution in [3.8, 4) is 5.75 Å². The molecule has 3 aromatic rings. The molecule has 0 atom stereocenters. The number of nitrogens with zero attached hydrogens (tertiary/aromatic N) is 3. The highest BCUT2D eigenvalue weighted by molar-refractivity contribution is 7.07. The van der Waals surface area contributed by atoms with Gasteiger partial charge < -0.3 is 13.8 Å². The van der Waals surface area contributed by atoms with Gasteiger partial charge in [-0.05, 0) is 19.1 Å². The van der Waals surface area contributed by atoms with Gasteiger partial charge in [-0.3, -0.25) is 4.79 Å². The highest BCUT2D eigenvalue weighted by Gasteiger charge is 2.09. The van der Waals surface area contributed by atoms with Crippen molar-refractivity contribution in [1.29, 1.82) is 0 Å². The molecule has 7 heteroatoms. The van der Waals surface area contributed by atoms with Crippen LogP contribution in [0.4, 0.5) is 0 Å². The molecule has 0 spiro atoms. The fourth-order valence-corrected chi connectivity index (χ4v) is 2.76. The Morgan fingerprint density at radius 3 is 2.86 bits per heavy atom. The van der Waals surface area contributed by atoms with E-state index >= 15 is 0 Å². The van der Waals surface area contributed by atoms with Gasteiger partial charge in [0, 0.05) is 24.0 Å². The molecule has 0 unspecified atom stereocenters. The second-order valence-electron chi connectivity index (χ2n) is 4.75. The van der Waals surface area contributed by atoms with Crippen LogP contribution in [0.5, 0.6) is 5.75 Å². The molecule has 22 heavy (non-hydrogen) atoms. The predicted octanol–water partition coefficient (Wildman–Crippen LogP) is 2.42. The lowest BCUT2D eigenvalue weighted by Crippen LogP contribution is -2.16. The summed E-state index contributed by atoms with van der Waals surface area (Å²) in [7, 11) is 0. The average Bonchev–Trinajstić information content (AvgIpc) is 3.12. The molecule has 1 aromatic carbocycles. The van der Waals surface area contributed by atoms with Gasteiger partial charge >= 0.3 is 4.87 Å². The monoisotopic (exact) mass is 317 g/mol. The third-order valence-electron chi connectivity index (χ3n) is 3.15. The van der Waals surface area contributed by atoms with Gasteiger partial charge in [-0.1, -0.05) is 34.7 Å². The standard InChI is InChI=1S/C15H15N3O3S/c1-11-10-22-15(19)18(11)8-7-14-16-13(17-21-14)9-20-12-5-3-2-4-6-12/h2-6,10H,7-9H2,1H3. The first-order valence-corrected chi connectivity index (χ1v) is 7.74. The van der Waals surface area contributed by atoms with E-state index in [1.165, 1.54) is 11.3 Å². The van der Waals surface area contributed by atoms with Crippen LogP contribution in [0.15, 0.2) is 45.0 Å². The van der Waals surface area contributed by atoms with E-state index in [0.29, 0.717) is 24.7 Å². The lowest BCUT2D eigenvalue weighted by Gasteiger charge is -2.01. The van der Waals surface area contributed by atoms with Crippen LogP contribution in [0.3, 0.4) is 0 Å². The van der Waals surface area contributed by atoms with E-state index < -0.39 is 0 Å². The molecule has 0 N–H and O–H groups in total. The van der Waals surface area contributed by atoms with Crippen molar-refractivity contribution in [3.63, 3.8) is 0 Å². The molecular weight excluding hydrogens is 302 g/mol. The van der Waals surface area contributed by atoms with Crippen LogP contribution in [0, 0.1) is 6.92 Å². The minimum absolute atomic E-state index is 0.0321. The van der Waals surface area contributed by atoms with E-state index in [2.05, 4.69) is 10.1 Å². The first-order chi connectivity index (χ1) is 10.7. The van der Waals surface area contributed by atoms with Crippen LogP contribution >= 0.6 is 11.3 Å². The van der Waals surface area contributed by atoms with Gasteiger partial charge in [-0.2, -0.15) is 4.98 Å². The zero-order chi connectivity index (χ0) is 15.4. The Bertz CT molecular complexity index is 792. The molecule has 0 bridgehead atoms. The van der Waals surface area contributed by atoms with Crippen LogP contribution in [-0.4, -0.2) is 14.7 Å². The molecule has 6 nitrogen and oxygen atoms in total. The van der Waals surface area contributed by atoms with E-state index in [9.17, 15) is 4.79 Å². The molecule has 114 valence electrons. The third-order valence-corrected chi connectivity index (χ3v) is 4.03. The number of hydrogen-bond acceptors (Lipinski definition) is 6. The van der Waals surface area contributed by atoms with Crippen molar-refractivity contribution >= 4 is 11.3 Å². The highest BCUT2D eigenvalue weighted by Crippen LogP contribution is 2.10. The van der Waals surface area contributed by atoms with Crippen molar-refractivity contribution < 1.29 is 9.26 Å². The van der Waals surface area contributed by atoms with Crippen LogP contribution in [-0.2, 0) is 19.6 Å². The van der Waals surface area contributed by atoms with Gasteiger partial charge in [-0.15, -0.1) is 0 Å². The van der Waals surface area contributed by atoms with E-state index in [4.69, 9.17) is 9.26 Å². The second-order valence-corrected chi connectivity index (χ2v) is 5.57. The molecule has 2 aromatic heterocycles. The fraction of sp³-hybridized carbons (Fsp3) is 0.267. The molecule has 0 radical (unpaired) electrons. The Labute approximate surface area is 131 Å². The van der Waals surface area contributed by atoms with E-state index in [0.717, 1.165) is 11.4 Å². The summed E-state index contributed by atoms with van der Waals surface area (Å²) in [6.45, 7) is 2.70. The largest absolute Gasteiger partial charge is 0.485 e. The molecule has 3 rings (SSSR count). The number of benzene rings is 1. The number of hydrogen-bond donors (Lipinski definition) is 0. The summed E-state index contributed by atoms with van der Waals surface area (Å²) in [4.78, 5) is 15.9. The number of para-hydroxylation sites is 1. The Hall–Kier alpha value is -2.41. The molecular formula is C15H15N3O3S. The van der Waals surface area contributed by atoms with E-state index in [1.807, 2.05) is 42.6 Å². The molecule has 0 amide bonds. The quantitative estimate of drug-likeness (QED) is 0.698. The Morgan fingerprint density at radius 1 is 1.32 bits per heavy atom. The fourth-order valence-electron chi connectivity index (χ4n) is 2.00. The van der Waals surface area contributed by atoms with Gasteiger partial charge in [-0.25, -0.2) is 0 Å². The Morgan fingerprint density at radius 2 is 2.14 bits per heavy atom. The summed E-state index contributed by atoms with van der Waals surface area (Å²) in [6, 6.07) is 9.46. The van der Waals surface area contributed by atoms with Gasteiger partial charge in [0.2, 0.25) is 11.7 Å². The topological polar surface area (TPSA) is 70.2 Å². The summed E-state index contributed by atoms with van der Waals surface area (Å²) in [5.74, 6) is 1.76. The maximum absolute atomic E-state index is 11.6. The Balaban J connectivity index is 1.56.